The summed E-state index contributed by atoms with van der Waals surface area (Å²) in [6, 6.07) is 3.63. The van der Waals surface area contributed by atoms with Crippen molar-refractivity contribution in [1.82, 2.24) is 4.31 Å². The van der Waals surface area contributed by atoms with Crippen molar-refractivity contribution in [2.75, 3.05) is 18.8 Å². The second-order valence-corrected chi connectivity index (χ2v) is 6.82. The number of nitrogens with zero attached hydrogens (tertiary/aromatic N) is 1. The van der Waals surface area contributed by atoms with Crippen molar-refractivity contribution in [2.24, 2.45) is 0 Å². The highest BCUT2D eigenvalue weighted by Gasteiger charge is 2.46. The average molecular weight is 300 g/mol. The van der Waals surface area contributed by atoms with Crippen LogP contribution in [-0.2, 0) is 10.0 Å². The molecule has 1 aliphatic heterocycles. The van der Waals surface area contributed by atoms with Crippen LogP contribution < -0.4 is 5.73 Å². The minimum atomic E-state index is -3.94. The van der Waals surface area contributed by atoms with Crippen molar-refractivity contribution in [1.29, 1.82) is 0 Å². The third kappa shape index (κ3) is 2.37. The summed E-state index contributed by atoms with van der Waals surface area (Å²) in [6.07, 6.45) is 0.437. The van der Waals surface area contributed by atoms with E-state index in [1.54, 1.807) is 6.92 Å². The number of carboxylic acid groups (broad SMARTS) is 1. The highest BCUT2D eigenvalue weighted by atomic mass is 32.2. The van der Waals surface area contributed by atoms with Gasteiger partial charge in [-0.2, -0.15) is 4.31 Å². The molecule has 4 N–H and O–H groups in total. The van der Waals surface area contributed by atoms with E-state index in [2.05, 4.69) is 0 Å². The summed E-state index contributed by atoms with van der Waals surface area (Å²) in [5.41, 5.74) is 4.27. The summed E-state index contributed by atoms with van der Waals surface area (Å²) in [6.45, 7) is 1.69. The fourth-order valence-corrected chi connectivity index (χ4v) is 3.85. The molecule has 0 bridgehead atoms. The van der Waals surface area contributed by atoms with Gasteiger partial charge in [-0.1, -0.05) is 6.92 Å². The van der Waals surface area contributed by atoms with Crippen molar-refractivity contribution in [3.8, 4) is 0 Å². The van der Waals surface area contributed by atoms with E-state index in [1.165, 1.54) is 12.1 Å². The molecule has 0 amide bonds. The molecule has 0 saturated carbocycles. The normalized spacial score (nSPS) is 18.5. The Morgan fingerprint density at radius 3 is 2.55 bits per heavy atom. The standard InChI is InChI=1S/C12H16N2O5S/c1-2-12(17)6-14(7-12)20(18,19)10-4-3-8(13)5-9(10)11(15)16/h3-5,17H,2,6-7,13H2,1H3,(H,15,16). The Bertz CT molecular complexity index is 650. The van der Waals surface area contributed by atoms with Crippen molar-refractivity contribution in [3.63, 3.8) is 0 Å². The van der Waals surface area contributed by atoms with Gasteiger partial charge in [-0.3, -0.25) is 0 Å². The average Bonchev–Trinajstić information content (AvgIpc) is 2.34. The molecule has 2 rings (SSSR count). The predicted molar refractivity (Wildman–Crippen MR) is 71.8 cm³/mol. The summed E-state index contributed by atoms with van der Waals surface area (Å²) in [4.78, 5) is 10.8. The number of β-amino-alcohol motifs (C(OH)–C–C–N with tert-alkyl or cyclic N) is 1. The number of hydrogen-bond acceptors (Lipinski definition) is 5. The lowest BCUT2D eigenvalue weighted by Crippen LogP contribution is -2.62. The molecule has 0 radical (unpaired) electrons. The summed E-state index contributed by atoms with van der Waals surface area (Å²) >= 11 is 0. The number of aliphatic hydroxyl groups is 1. The van der Waals surface area contributed by atoms with Crippen molar-refractivity contribution in [2.45, 2.75) is 23.8 Å². The summed E-state index contributed by atoms with van der Waals surface area (Å²) in [7, 11) is -3.94. The minimum absolute atomic E-state index is 0.0325. The molecule has 1 fully saturated rings. The molecular weight excluding hydrogens is 284 g/mol. The number of anilines is 1. The van der Waals surface area contributed by atoms with Crippen LogP contribution in [0.1, 0.15) is 23.7 Å². The second-order valence-electron chi connectivity index (χ2n) is 4.91. The van der Waals surface area contributed by atoms with Crippen LogP contribution in [-0.4, -0.2) is 47.6 Å². The Kier molecular flexibility index (Phi) is 3.49. The van der Waals surface area contributed by atoms with E-state index in [1.807, 2.05) is 0 Å². The number of nitrogens with two attached hydrogens (primary N) is 1. The van der Waals surface area contributed by atoms with Crippen LogP contribution in [0.25, 0.3) is 0 Å². The number of carboxylic acids is 1. The van der Waals surface area contributed by atoms with Gasteiger partial charge in [0, 0.05) is 18.8 Å². The van der Waals surface area contributed by atoms with Gasteiger partial charge in [0.05, 0.1) is 16.1 Å². The van der Waals surface area contributed by atoms with Crippen LogP contribution in [0.3, 0.4) is 0 Å². The molecule has 0 aromatic heterocycles. The van der Waals surface area contributed by atoms with Gasteiger partial charge in [0.2, 0.25) is 10.0 Å². The molecule has 8 heteroatoms. The third-order valence-corrected chi connectivity index (χ3v) is 5.30. The molecule has 1 aromatic rings. The summed E-state index contributed by atoms with van der Waals surface area (Å²) < 4.78 is 25.8. The van der Waals surface area contributed by atoms with Crippen LogP contribution in [0.2, 0.25) is 0 Å². The summed E-state index contributed by atoms with van der Waals surface area (Å²) in [5.74, 6) is -1.36. The lowest BCUT2D eigenvalue weighted by Gasteiger charge is -2.44. The predicted octanol–water partition coefficient (Wildman–Crippen LogP) is 0.112. The van der Waals surface area contributed by atoms with E-state index < -0.39 is 21.6 Å². The molecule has 1 aliphatic rings. The maximum atomic E-state index is 12.4. The maximum Gasteiger partial charge on any atom is 0.337 e. The number of rotatable bonds is 4. The van der Waals surface area contributed by atoms with Gasteiger partial charge in [0.25, 0.3) is 0 Å². The van der Waals surface area contributed by atoms with Crippen molar-refractivity contribution >= 4 is 21.7 Å². The number of nitrogen functional groups attached to an aromatic ring is 1. The molecule has 7 nitrogen and oxygen atoms in total. The van der Waals surface area contributed by atoms with E-state index in [0.29, 0.717) is 6.42 Å². The Morgan fingerprint density at radius 1 is 1.45 bits per heavy atom. The smallest absolute Gasteiger partial charge is 0.337 e. The molecular formula is C12H16N2O5S. The van der Waals surface area contributed by atoms with Gasteiger partial charge >= 0.3 is 5.97 Å². The molecule has 20 heavy (non-hydrogen) atoms. The first-order valence-electron chi connectivity index (χ1n) is 6.05. The largest absolute Gasteiger partial charge is 0.478 e. The zero-order valence-electron chi connectivity index (χ0n) is 10.9. The fourth-order valence-electron chi connectivity index (χ4n) is 2.08. The monoisotopic (exact) mass is 300 g/mol. The zero-order valence-corrected chi connectivity index (χ0v) is 11.7. The van der Waals surface area contributed by atoms with Gasteiger partial charge in [-0.25, -0.2) is 13.2 Å². The van der Waals surface area contributed by atoms with Crippen LogP contribution in [0, 0.1) is 0 Å². The Labute approximate surface area is 116 Å². The molecule has 1 aromatic carbocycles. The van der Waals surface area contributed by atoms with Crippen LogP contribution in [0.15, 0.2) is 23.1 Å². The number of aromatic carboxylic acids is 1. The van der Waals surface area contributed by atoms with E-state index in [9.17, 15) is 18.3 Å². The number of benzene rings is 1. The quantitative estimate of drug-likeness (QED) is 0.679. The first-order valence-corrected chi connectivity index (χ1v) is 7.49. The molecule has 1 heterocycles. The third-order valence-electron chi connectivity index (χ3n) is 3.45. The Morgan fingerprint density at radius 2 is 2.05 bits per heavy atom. The number of carbonyl (C=O) groups is 1. The lowest BCUT2D eigenvalue weighted by molar-refractivity contribution is -0.0613. The zero-order chi connectivity index (χ0) is 15.1. The molecule has 0 aliphatic carbocycles. The SMILES string of the molecule is CCC1(O)CN(S(=O)(=O)c2ccc(N)cc2C(=O)O)C1. The van der Waals surface area contributed by atoms with E-state index >= 15 is 0 Å². The van der Waals surface area contributed by atoms with E-state index in [-0.39, 0.29) is 29.2 Å². The topological polar surface area (TPSA) is 121 Å². The molecule has 0 unspecified atom stereocenters. The van der Waals surface area contributed by atoms with Crippen LogP contribution >= 0.6 is 0 Å². The van der Waals surface area contributed by atoms with Gasteiger partial charge in [-0.15, -0.1) is 0 Å². The van der Waals surface area contributed by atoms with Crippen LogP contribution in [0.5, 0.6) is 0 Å². The Hall–Kier alpha value is -1.64. The molecule has 0 spiro atoms. The number of hydrogen-bond donors (Lipinski definition) is 3. The van der Waals surface area contributed by atoms with Crippen molar-refractivity contribution < 1.29 is 23.4 Å². The molecule has 110 valence electrons. The van der Waals surface area contributed by atoms with Crippen molar-refractivity contribution in [3.05, 3.63) is 23.8 Å². The van der Waals surface area contributed by atoms with Crippen LogP contribution in [0.4, 0.5) is 5.69 Å². The molecule has 1 saturated heterocycles. The van der Waals surface area contributed by atoms with Gasteiger partial charge in [0.1, 0.15) is 0 Å². The lowest BCUT2D eigenvalue weighted by atomic mass is 9.94. The van der Waals surface area contributed by atoms with E-state index in [0.717, 1.165) is 10.4 Å². The van der Waals surface area contributed by atoms with Gasteiger partial charge in [-0.05, 0) is 24.6 Å². The maximum absolute atomic E-state index is 12.4. The van der Waals surface area contributed by atoms with Gasteiger partial charge in [0.15, 0.2) is 0 Å². The highest BCUT2D eigenvalue weighted by molar-refractivity contribution is 7.89. The Balaban J connectivity index is 2.39. The first-order chi connectivity index (χ1) is 9.19. The minimum Gasteiger partial charge on any atom is -0.478 e. The first kappa shape index (κ1) is 14.8. The number of sulfonamides is 1. The molecule has 0 atom stereocenters. The van der Waals surface area contributed by atoms with Gasteiger partial charge < -0.3 is 15.9 Å². The highest BCUT2D eigenvalue weighted by Crippen LogP contribution is 2.32. The fraction of sp³-hybridized carbons (Fsp3) is 0.417. The summed E-state index contributed by atoms with van der Waals surface area (Å²) in [5, 5.41) is 19.0. The van der Waals surface area contributed by atoms with E-state index in [4.69, 9.17) is 10.8 Å². The second kappa shape index (κ2) is 4.72.